The molecule has 0 radical (unpaired) electrons. The Bertz CT molecular complexity index is 1080. The number of carbonyl (C=O) groups is 3. The molecule has 2 aliphatic carbocycles. The van der Waals surface area contributed by atoms with E-state index in [0.717, 1.165) is 17.5 Å². The van der Waals surface area contributed by atoms with Crippen LogP contribution in [0.2, 0.25) is 0 Å². The van der Waals surface area contributed by atoms with Crippen molar-refractivity contribution in [1.82, 2.24) is 10.6 Å². The predicted octanol–water partition coefficient (Wildman–Crippen LogP) is 3.30. The Labute approximate surface area is 204 Å². The van der Waals surface area contributed by atoms with Crippen LogP contribution in [0.5, 0.6) is 0 Å². The van der Waals surface area contributed by atoms with Crippen molar-refractivity contribution in [2.24, 2.45) is 11.3 Å². The van der Waals surface area contributed by atoms with E-state index in [-0.39, 0.29) is 37.4 Å². The van der Waals surface area contributed by atoms with Crippen LogP contribution in [0.15, 0.2) is 48.5 Å². The largest absolute Gasteiger partial charge is 0.479 e. The number of nitrogens with one attached hydrogen (secondary N) is 2. The fraction of sp³-hybridized carbons (Fsp3) is 0.444. The van der Waals surface area contributed by atoms with Gasteiger partial charge in [0.1, 0.15) is 6.61 Å². The molecule has 35 heavy (non-hydrogen) atoms. The second-order valence-corrected chi connectivity index (χ2v) is 9.70. The molecule has 8 nitrogen and oxygen atoms in total. The van der Waals surface area contributed by atoms with Gasteiger partial charge in [-0.1, -0.05) is 55.0 Å². The smallest absolute Gasteiger partial charge is 0.407 e. The molecule has 0 aromatic heterocycles. The van der Waals surface area contributed by atoms with Crippen molar-refractivity contribution in [2.75, 3.05) is 26.3 Å². The molecule has 0 bridgehead atoms. The first-order chi connectivity index (χ1) is 17.0. The van der Waals surface area contributed by atoms with E-state index in [4.69, 9.17) is 9.47 Å². The van der Waals surface area contributed by atoms with E-state index >= 15 is 0 Å². The van der Waals surface area contributed by atoms with Crippen molar-refractivity contribution in [1.29, 1.82) is 0 Å². The van der Waals surface area contributed by atoms with Gasteiger partial charge in [-0.15, -0.1) is 0 Å². The second kappa shape index (κ2) is 9.70. The van der Waals surface area contributed by atoms with Crippen LogP contribution in [0.4, 0.5) is 4.79 Å². The molecule has 2 unspecified atom stereocenters. The van der Waals surface area contributed by atoms with Crippen molar-refractivity contribution >= 4 is 18.0 Å². The molecule has 3 N–H and O–H groups in total. The lowest BCUT2D eigenvalue weighted by molar-refractivity contribution is -0.149. The molecule has 1 aliphatic heterocycles. The number of ether oxygens (including phenoxy) is 2. The third kappa shape index (κ3) is 4.50. The van der Waals surface area contributed by atoms with E-state index in [9.17, 15) is 19.5 Å². The zero-order valence-corrected chi connectivity index (χ0v) is 19.5. The van der Waals surface area contributed by atoms with Gasteiger partial charge >= 0.3 is 12.1 Å². The van der Waals surface area contributed by atoms with E-state index in [0.29, 0.717) is 25.9 Å². The molecule has 2 atom stereocenters. The van der Waals surface area contributed by atoms with Crippen LogP contribution in [-0.2, 0) is 19.1 Å². The minimum absolute atomic E-state index is 0.0232. The van der Waals surface area contributed by atoms with Crippen molar-refractivity contribution in [3.8, 4) is 11.1 Å². The average Bonchev–Trinajstić information content (AvgIpc) is 3.44. The number of aliphatic carboxylic acids is 1. The number of amides is 2. The van der Waals surface area contributed by atoms with Crippen molar-refractivity contribution in [3.63, 3.8) is 0 Å². The lowest BCUT2D eigenvalue weighted by Crippen LogP contribution is -2.53. The predicted molar refractivity (Wildman–Crippen MR) is 128 cm³/mol. The molecule has 2 aromatic carbocycles. The number of carboxylic acids is 1. The molecule has 8 heteroatoms. The van der Waals surface area contributed by atoms with Gasteiger partial charge in [0, 0.05) is 31.5 Å². The number of hydrogen-bond acceptors (Lipinski definition) is 5. The Hall–Kier alpha value is -3.39. The molecule has 1 saturated carbocycles. The minimum Gasteiger partial charge on any atom is -0.479 e. The number of fused-ring (bicyclic) bond motifs is 3. The van der Waals surface area contributed by atoms with Crippen LogP contribution in [0.3, 0.4) is 0 Å². The first kappa shape index (κ1) is 23.4. The monoisotopic (exact) mass is 478 g/mol. The molecule has 2 fully saturated rings. The summed E-state index contributed by atoms with van der Waals surface area (Å²) >= 11 is 0. The van der Waals surface area contributed by atoms with Gasteiger partial charge in [-0.3, -0.25) is 4.79 Å². The van der Waals surface area contributed by atoms with Crippen LogP contribution in [0.25, 0.3) is 11.1 Å². The van der Waals surface area contributed by atoms with Crippen LogP contribution in [-0.4, -0.2) is 55.5 Å². The molecule has 1 heterocycles. The highest BCUT2D eigenvalue weighted by Gasteiger charge is 2.45. The van der Waals surface area contributed by atoms with Gasteiger partial charge in [0.15, 0.2) is 6.10 Å². The van der Waals surface area contributed by atoms with E-state index in [1.807, 2.05) is 24.3 Å². The number of alkyl carbamates (subject to hydrolysis) is 1. The number of hydrogen-bond donors (Lipinski definition) is 3. The Morgan fingerprint density at radius 1 is 1.00 bits per heavy atom. The second-order valence-electron chi connectivity index (χ2n) is 9.70. The Balaban J connectivity index is 1.14. The molecule has 3 aliphatic rings. The van der Waals surface area contributed by atoms with Crippen molar-refractivity contribution < 1.29 is 29.0 Å². The summed E-state index contributed by atoms with van der Waals surface area (Å²) in [4.78, 5) is 36.8. The van der Waals surface area contributed by atoms with Crippen LogP contribution < -0.4 is 10.6 Å². The fourth-order valence-corrected chi connectivity index (χ4v) is 5.51. The molecule has 1 saturated heterocycles. The lowest BCUT2D eigenvalue weighted by Gasteiger charge is -2.40. The van der Waals surface area contributed by atoms with Crippen LogP contribution in [0, 0.1) is 11.3 Å². The Morgan fingerprint density at radius 3 is 2.26 bits per heavy atom. The molecular weight excluding hydrogens is 448 g/mol. The molecule has 2 amide bonds. The topological polar surface area (TPSA) is 114 Å². The highest BCUT2D eigenvalue weighted by molar-refractivity contribution is 5.84. The van der Waals surface area contributed by atoms with Crippen molar-refractivity contribution in [2.45, 2.75) is 37.7 Å². The van der Waals surface area contributed by atoms with Gasteiger partial charge in [0.05, 0.1) is 5.41 Å². The van der Waals surface area contributed by atoms with Crippen molar-refractivity contribution in [3.05, 3.63) is 59.7 Å². The first-order valence-corrected chi connectivity index (χ1v) is 12.2. The average molecular weight is 479 g/mol. The molecule has 184 valence electrons. The van der Waals surface area contributed by atoms with Gasteiger partial charge in [-0.25, -0.2) is 9.59 Å². The molecule has 5 rings (SSSR count). The van der Waals surface area contributed by atoms with Gasteiger partial charge < -0.3 is 25.2 Å². The van der Waals surface area contributed by atoms with Crippen LogP contribution >= 0.6 is 0 Å². The van der Waals surface area contributed by atoms with Gasteiger partial charge in [-0.05, 0) is 41.5 Å². The Kier molecular flexibility index (Phi) is 6.47. The Morgan fingerprint density at radius 2 is 1.66 bits per heavy atom. The highest BCUT2D eigenvalue weighted by atomic mass is 16.5. The normalized spacial score (nSPS) is 21.9. The maximum Gasteiger partial charge on any atom is 0.407 e. The van der Waals surface area contributed by atoms with E-state index < -0.39 is 23.6 Å². The van der Waals surface area contributed by atoms with Gasteiger partial charge in [-0.2, -0.15) is 0 Å². The summed E-state index contributed by atoms with van der Waals surface area (Å²) in [5.41, 5.74) is 3.95. The van der Waals surface area contributed by atoms with E-state index in [2.05, 4.69) is 34.9 Å². The molecular formula is C27H30N2O6. The summed E-state index contributed by atoms with van der Waals surface area (Å²) in [5.74, 6) is -1.43. The van der Waals surface area contributed by atoms with E-state index in [1.165, 1.54) is 11.1 Å². The summed E-state index contributed by atoms with van der Waals surface area (Å²) < 4.78 is 10.9. The summed E-state index contributed by atoms with van der Waals surface area (Å²) in [5, 5.41) is 14.9. The number of carboxylic acid groups (broad SMARTS) is 1. The number of carbonyl (C=O) groups excluding carboxylic acids is 2. The molecule has 0 spiro atoms. The first-order valence-electron chi connectivity index (χ1n) is 12.2. The highest BCUT2D eigenvalue weighted by Crippen LogP contribution is 2.44. The fourth-order valence-electron chi connectivity index (χ4n) is 5.51. The SMILES string of the molecule is O=C(NCC1(C(=O)NCC2CCOC2C(=O)O)CCC1)OCC1c2ccccc2-c2ccccc21. The summed E-state index contributed by atoms with van der Waals surface area (Å²) in [6.07, 6.45) is 1.43. The zero-order valence-electron chi connectivity index (χ0n) is 19.5. The maximum atomic E-state index is 12.9. The van der Waals surface area contributed by atoms with Gasteiger partial charge in [0.2, 0.25) is 5.91 Å². The summed E-state index contributed by atoms with van der Waals surface area (Å²) in [6.45, 7) is 1.05. The summed E-state index contributed by atoms with van der Waals surface area (Å²) in [6, 6.07) is 16.3. The quantitative estimate of drug-likeness (QED) is 0.537. The zero-order chi connectivity index (χ0) is 24.4. The van der Waals surface area contributed by atoms with Crippen LogP contribution in [0.1, 0.15) is 42.7 Å². The van der Waals surface area contributed by atoms with Gasteiger partial charge in [0.25, 0.3) is 0 Å². The summed E-state index contributed by atoms with van der Waals surface area (Å²) in [7, 11) is 0. The third-order valence-electron chi connectivity index (χ3n) is 7.69. The third-order valence-corrected chi connectivity index (χ3v) is 7.69. The molecule has 2 aromatic rings. The minimum atomic E-state index is -1.00. The number of benzene rings is 2. The number of rotatable bonds is 8. The lowest BCUT2D eigenvalue weighted by atomic mass is 9.68. The maximum absolute atomic E-state index is 12.9. The standard InChI is InChI=1S/C27H30N2O6/c30-24(31)23-17(10-13-34-23)14-28-25(32)27(11-5-12-27)16-29-26(33)35-15-22-20-8-3-1-6-18(20)19-7-2-4-9-21(19)22/h1-4,6-9,17,22-23H,5,10-16H2,(H,28,32)(H,29,33)(H,30,31). The van der Waals surface area contributed by atoms with E-state index in [1.54, 1.807) is 0 Å².